The molecule has 0 spiro atoms. The molecule has 3 rings (SSSR count). The van der Waals surface area contributed by atoms with Gasteiger partial charge in [-0.3, -0.25) is 9.48 Å². The van der Waals surface area contributed by atoms with Crippen LogP contribution in [0.4, 0.5) is 0 Å². The van der Waals surface area contributed by atoms with Crippen LogP contribution in [0.15, 0.2) is 36.5 Å². The molecule has 132 valence electrons. The summed E-state index contributed by atoms with van der Waals surface area (Å²) in [7, 11) is 0. The zero-order valence-corrected chi connectivity index (χ0v) is 14.0. The molecule has 1 saturated heterocycles. The van der Waals surface area contributed by atoms with E-state index in [-0.39, 0.29) is 6.04 Å². The van der Waals surface area contributed by atoms with Crippen molar-refractivity contribution in [2.24, 2.45) is 0 Å². The number of carbonyl (C=O) groups is 2. The van der Waals surface area contributed by atoms with Gasteiger partial charge >= 0.3 is 5.97 Å². The highest BCUT2D eigenvalue weighted by atomic mass is 16.5. The summed E-state index contributed by atoms with van der Waals surface area (Å²) in [4.78, 5) is 24.2. The lowest BCUT2D eigenvalue weighted by Crippen LogP contribution is -2.34. The Bertz CT molecular complexity index is 751. The third-order valence-corrected chi connectivity index (χ3v) is 4.48. The molecule has 1 atom stereocenters. The lowest BCUT2D eigenvalue weighted by molar-refractivity contribution is -0.139. The van der Waals surface area contributed by atoms with Crippen molar-refractivity contribution in [3.8, 4) is 0 Å². The first-order valence-electron chi connectivity index (χ1n) is 8.28. The van der Waals surface area contributed by atoms with Gasteiger partial charge in [-0.05, 0) is 25.3 Å². The standard InChI is InChI=1S/C18H21N3O4/c1-12-15(11-19-21(12)14-7-9-25-10-8-14)17(22)20-16(18(23)24)13-5-3-2-4-6-13/h2-6,11,14,16H,7-10H2,1H3,(H,20,22)(H,23,24)/t16-/m1/s1. The van der Waals surface area contributed by atoms with Crippen molar-refractivity contribution in [2.45, 2.75) is 31.8 Å². The van der Waals surface area contributed by atoms with Gasteiger partial charge < -0.3 is 15.2 Å². The summed E-state index contributed by atoms with van der Waals surface area (Å²) in [6, 6.07) is 7.75. The molecule has 1 amide bonds. The third-order valence-electron chi connectivity index (χ3n) is 4.48. The lowest BCUT2D eigenvalue weighted by atomic mass is 10.1. The Morgan fingerprint density at radius 3 is 2.60 bits per heavy atom. The number of amides is 1. The SMILES string of the molecule is Cc1c(C(=O)N[C@@H](C(=O)O)c2ccccc2)cnn1C1CCOCC1. The summed E-state index contributed by atoms with van der Waals surface area (Å²) < 4.78 is 7.20. The highest BCUT2D eigenvalue weighted by Gasteiger charge is 2.26. The monoisotopic (exact) mass is 343 g/mol. The zero-order valence-electron chi connectivity index (χ0n) is 14.0. The molecule has 0 unspecified atom stereocenters. The molecule has 0 saturated carbocycles. The molecular formula is C18H21N3O4. The average molecular weight is 343 g/mol. The van der Waals surface area contributed by atoms with E-state index >= 15 is 0 Å². The lowest BCUT2D eigenvalue weighted by Gasteiger charge is -2.23. The van der Waals surface area contributed by atoms with Crippen LogP contribution >= 0.6 is 0 Å². The number of benzene rings is 1. The molecule has 0 radical (unpaired) electrons. The summed E-state index contributed by atoms with van der Waals surface area (Å²) in [5.74, 6) is -1.54. The van der Waals surface area contributed by atoms with E-state index in [1.54, 1.807) is 30.3 Å². The number of ether oxygens (including phenoxy) is 1. The maximum Gasteiger partial charge on any atom is 0.330 e. The Hall–Kier alpha value is -2.67. The number of carboxylic acid groups (broad SMARTS) is 1. The van der Waals surface area contributed by atoms with Crippen LogP contribution in [0.2, 0.25) is 0 Å². The topological polar surface area (TPSA) is 93.5 Å². The Morgan fingerprint density at radius 1 is 1.28 bits per heavy atom. The smallest absolute Gasteiger partial charge is 0.330 e. The van der Waals surface area contributed by atoms with Gasteiger partial charge in [-0.25, -0.2) is 4.79 Å². The minimum atomic E-state index is -1.10. The first kappa shape index (κ1) is 17.2. The molecule has 2 N–H and O–H groups in total. The Balaban J connectivity index is 1.78. The third kappa shape index (κ3) is 3.71. The second kappa shape index (κ2) is 7.48. The molecule has 1 aliphatic heterocycles. The van der Waals surface area contributed by atoms with Crippen LogP contribution in [-0.2, 0) is 9.53 Å². The number of carboxylic acids is 1. The van der Waals surface area contributed by atoms with Gasteiger partial charge in [0, 0.05) is 18.9 Å². The number of carbonyl (C=O) groups excluding carboxylic acids is 1. The molecule has 1 fully saturated rings. The highest BCUT2D eigenvalue weighted by molar-refractivity contribution is 5.97. The number of aromatic nitrogens is 2. The normalized spacial score (nSPS) is 16.4. The van der Waals surface area contributed by atoms with E-state index in [9.17, 15) is 14.7 Å². The van der Waals surface area contributed by atoms with Crippen molar-refractivity contribution >= 4 is 11.9 Å². The van der Waals surface area contributed by atoms with Gasteiger partial charge in [0.2, 0.25) is 0 Å². The molecule has 2 heterocycles. The van der Waals surface area contributed by atoms with E-state index in [4.69, 9.17) is 4.74 Å². The van der Waals surface area contributed by atoms with Gasteiger partial charge in [-0.2, -0.15) is 5.10 Å². The maximum atomic E-state index is 12.6. The summed E-state index contributed by atoms with van der Waals surface area (Å²) in [5.41, 5.74) is 1.66. The van der Waals surface area contributed by atoms with Crippen LogP contribution in [0.5, 0.6) is 0 Å². The van der Waals surface area contributed by atoms with Crippen molar-refractivity contribution in [3.63, 3.8) is 0 Å². The second-order valence-corrected chi connectivity index (χ2v) is 6.09. The summed E-state index contributed by atoms with van der Waals surface area (Å²) in [6.45, 7) is 3.19. The fourth-order valence-corrected chi connectivity index (χ4v) is 3.09. The Labute approximate surface area is 145 Å². The number of hydrogen-bond donors (Lipinski definition) is 2. The van der Waals surface area contributed by atoms with Gasteiger partial charge in [0.25, 0.3) is 5.91 Å². The van der Waals surface area contributed by atoms with Crippen LogP contribution < -0.4 is 5.32 Å². The quantitative estimate of drug-likeness (QED) is 0.867. The van der Waals surface area contributed by atoms with E-state index in [1.165, 1.54) is 6.20 Å². The van der Waals surface area contributed by atoms with Crippen molar-refractivity contribution in [3.05, 3.63) is 53.3 Å². The highest BCUT2D eigenvalue weighted by Crippen LogP contribution is 2.23. The van der Waals surface area contributed by atoms with E-state index in [0.29, 0.717) is 24.3 Å². The molecule has 0 bridgehead atoms. The molecule has 1 aromatic carbocycles. The van der Waals surface area contributed by atoms with Gasteiger partial charge in [0.1, 0.15) is 0 Å². The van der Waals surface area contributed by atoms with Gasteiger partial charge in [0.05, 0.1) is 17.8 Å². The Morgan fingerprint density at radius 2 is 1.96 bits per heavy atom. The molecule has 25 heavy (non-hydrogen) atoms. The fraction of sp³-hybridized carbons (Fsp3) is 0.389. The largest absolute Gasteiger partial charge is 0.479 e. The van der Waals surface area contributed by atoms with Gasteiger partial charge in [0.15, 0.2) is 6.04 Å². The van der Waals surface area contributed by atoms with Crippen LogP contribution in [0.25, 0.3) is 0 Å². The first-order valence-corrected chi connectivity index (χ1v) is 8.28. The van der Waals surface area contributed by atoms with Crippen molar-refractivity contribution in [1.82, 2.24) is 15.1 Å². The zero-order chi connectivity index (χ0) is 17.8. The Kier molecular flexibility index (Phi) is 5.14. The molecule has 1 aliphatic rings. The molecule has 7 nitrogen and oxygen atoms in total. The number of hydrogen-bond acceptors (Lipinski definition) is 4. The van der Waals surface area contributed by atoms with Crippen molar-refractivity contribution in [1.29, 1.82) is 0 Å². The van der Waals surface area contributed by atoms with E-state index in [1.807, 2.05) is 11.6 Å². The van der Waals surface area contributed by atoms with E-state index < -0.39 is 17.9 Å². The fourth-order valence-electron chi connectivity index (χ4n) is 3.09. The predicted molar refractivity (Wildman–Crippen MR) is 90.3 cm³/mol. The van der Waals surface area contributed by atoms with Crippen molar-refractivity contribution < 1.29 is 19.4 Å². The molecular weight excluding hydrogens is 322 g/mol. The van der Waals surface area contributed by atoms with Gasteiger partial charge in [-0.15, -0.1) is 0 Å². The summed E-state index contributed by atoms with van der Waals surface area (Å²) >= 11 is 0. The summed E-state index contributed by atoms with van der Waals surface area (Å²) in [6.07, 6.45) is 3.21. The molecule has 7 heteroatoms. The summed E-state index contributed by atoms with van der Waals surface area (Å²) in [5, 5.41) is 16.4. The molecule has 0 aliphatic carbocycles. The average Bonchev–Trinajstić information content (AvgIpc) is 3.02. The van der Waals surface area contributed by atoms with Crippen LogP contribution in [0.1, 0.15) is 46.5 Å². The molecule has 1 aromatic heterocycles. The predicted octanol–water partition coefficient (Wildman–Crippen LogP) is 2.10. The van der Waals surface area contributed by atoms with Crippen molar-refractivity contribution in [2.75, 3.05) is 13.2 Å². The molecule has 2 aromatic rings. The van der Waals surface area contributed by atoms with Gasteiger partial charge in [-0.1, -0.05) is 30.3 Å². The number of nitrogens with zero attached hydrogens (tertiary/aromatic N) is 2. The maximum absolute atomic E-state index is 12.6. The van der Waals surface area contributed by atoms with E-state index in [0.717, 1.165) is 18.5 Å². The van der Waals surface area contributed by atoms with Crippen LogP contribution in [-0.4, -0.2) is 40.0 Å². The number of nitrogens with one attached hydrogen (secondary N) is 1. The minimum Gasteiger partial charge on any atom is -0.479 e. The van der Waals surface area contributed by atoms with Crippen LogP contribution in [0, 0.1) is 6.92 Å². The first-order chi connectivity index (χ1) is 12.1. The van der Waals surface area contributed by atoms with Crippen LogP contribution in [0.3, 0.4) is 0 Å². The number of aliphatic carboxylic acids is 1. The minimum absolute atomic E-state index is 0.208. The number of rotatable bonds is 5. The second-order valence-electron chi connectivity index (χ2n) is 6.09. The van der Waals surface area contributed by atoms with E-state index in [2.05, 4.69) is 10.4 Å².